The van der Waals surface area contributed by atoms with Gasteiger partial charge in [-0.25, -0.2) is 0 Å². The van der Waals surface area contributed by atoms with E-state index in [1.807, 2.05) is 0 Å². The van der Waals surface area contributed by atoms with Crippen LogP contribution in [0.2, 0.25) is 0 Å². The van der Waals surface area contributed by atoms with Gasteiger partial charge < -0.3 is 5.11 Å². The van der Waals surface area contributed by atoms with E-state index in [0.717, 1.165) is 45.2 Å². The monoisotopic (exact) mass is 311 g/mol. The summed E-state index contributed by atoms with van der Waals surface area (Å²) in [5, 5.41) is 9.72. The van der Waals surface area contributed by atoms with Crippen molar-refractivity contribution in [2.45, 2.75) is 96.9 Å². The molecule has 0 aromatic rings. The average Bonchev–Trinajstić information content (AvgIpc) is 3.02. The van der Waals surface area contributed by atoms with Crippen LogP contribution in [0, 0.1) is 5.92 Å². The minimum absolute atomic E-state index is 0.157. The molecule has 1 rings (SSSR count). The normalized spacial score (nSPS) is 18.5. The third-order valence-corrected chi connectivity index (χ3v) is 5.11. The summed E-state index contributed by atoms with van der Waals surface area (Å²) in [6.45, 7) is 6.64. The highest BCUT2D eigenvalue weighted by Crippen LogP contribution is 2.27. The summed E-state index contributed by atoms with van der Waals surface area (Å²) in [6.07, 6.45) is 14.2. The molecule has 0 spiro atoms. The predicted molar refractivity (Wildman–Crippen MR) is 93.2 cm³/mol. The van der Waals surface area contributed by atoms with E-state index in [0.29, 0.717) is 0 Å². The minimum Gasteiger partial charge on any atom is -0.481 e. The fourth-order valence-corrected chi connectivity index (χ4v) is 3.75. The largest absolute Gasteiger partial charge is 0.481 e. The van der Waals surface area contributed by atoms with E-state index in [4.69, 9.17) is 0 Å². The first kappa shape index (κ1) is 19.5. The zero-order chi connectivity index (χ0) is 16.2. The number of carboxylic acid groups (broad SMARTS) is 1. The third kappa shape index (κ3) is 7.13. The zero-order valence-electron chi connectivity index (χ0n) is 14.9. The molecule has 2 unspecified atom stereocenters. The number of hydrogen-bond donors (Lipinski definition) is 1. The van der Waals surface area contributed by atoms with Gasteiger partial charge >= 0.3 is 5.97 Å². The maximum Gasteiger partial charge on any atom is 0.308 e. The number of likely N-dealkylation sites (tertiary alicyclic amines) is 1. The number of rotatable bonds is 13. The van der Waals surface area contributed by atoms with Gasteiger partial charge in [-0.15, -0.1) is 0 Å². The van der Waals surface area contributed by atoms with Crippen molar-refractivity contribution < 1.29 is 9.90 Å². The van der Waals surface area contributed by atoms with E-state index < -0.39 is 5.97 Å². The quantitative estimate of drug-likeness (QED) is 0.481. The van der Waals surface area contributed by atoms with Crippen molar-refractivity contribution in [1.82, 2.24) is 4.90 Å². The molecule has 1 aliphatic heterocycles. The number of hydrogen-bond acceptors (Lipinski definition) is 2. The van der Waals surface area contributed by atoms with Crippen molar-refractivity contribution in [2.24, 2.45) is 5.92 Å². The summed E-state index contributed by atoms with van der Waals surface area (Å²) in [6, 6.07) is 0.274. The molecule has 0 aromatic carbocycles. The second kappa shape index (κ2) is 11.9. The molecule has 3 heteroatoms. The highest BCUT2D eigenvalue weighted by Gasteiger charge is 2.33. The molecule has 0 bridgehead atoms. The lowest BCUT2D eigenvalue weighted by Crippen LogP contribution is -2.42. The smallest absolute Gasteiger partial charge is 0.308 e. The Hall–Kier alpha value is -0.570. The Labute approximate surface area is 137 Å². The first-order valence-electron chi connectivity index (χ1n) is 9.67. The van der Waals surface area contributed by atoms with E-state index in [9.17, 15) is 9.90 Å². The fraction of sp³-hybridized carbons (Fsp3) is 0.947. The molecule has 1 fully saturated rings. The lowest BCUT2D eigenvalue weighted by atomic mass is 9.88. The number of nitrogens with zero attached hydrogens (tertiary/aromatic N) is 1. The van der Waals surface area contributed by atoms with E-state index in [2.05, 4.69) is 18.7 Å². The van der Waals surface area contributed by atoms with Crippen molar-refractivity contribution in [2.75, 3.05) is 13.1 Å². The Morgan fingerprint density at radius 1 is 0.909 bits per heavy atom. The van der Waals surface area contributed by atoms with E-state index in [1.165, 1.54) is 44.9 Å². The van der Waals surface area contributed by atoms with Gasteiger partial charge in [0.05, 0.1) is 5.92 Å². The molecule has 0 amide bonds. The second-order valence-electron chi connectivity index (χ2n) is 6.95. The highest BCUT2D eigenvalue weighted by molar-refractivity contribution is 5.70. The maximum atomic E-state index is 11.8. The summed E-state index contributed by atoms with van der Waals surface area (Å²) in [4.78, 5) is 14.3. The van der Waals surface area contributed by atoms with Crippen LogP contribution in [0.5, 0.6) is 0 Å². The van der Waals surface area contributed by atoms with Crippen LogP contribution < -0.4 is 0 Å². The van der Waals surface area contributed by atoms with E-state index in [1.54, 1.807) is 0 Å². The van der Waals surface area contributed by atoms with Gasteiger partial charge in [0.1, 0.15) is 0 Å². The van der Waals surface area contributed by atoms with Crippen LogP contribution in [-0.2, 0) is 4.79 Å². The predicted octanol–water partition coefficient (Wildman–Crippen LogP) is 5.09. The summed E-state index contributed by atoms with van der Waals surface area (Å²) >= 11 is 0. The van der Waals surface area contributed by atoms with Gasteiger partial charge in [-0.05, 0) is 38.8 Å². The van der Waals surface area contributed by atoms with E-state index in [-0.39, 0.29) is 12.0 Å². The molecule has 3 nitrogen and oxygen atoms in total. The first-order chi connectivity index (χ1) is 10.7. The van der Waals surface area contributed by atoms with Crippen LogP contribution in [0.1, 0.15) is 90.9 Å². The van der Waals surface area contributed by atoms with Crippen molar-refractivity contribution in [1.29, 1.82) is 0 Å². The zero-order valence-corrected chi connectivity index (χ0v) is 14.9. The first-order valence-corrected chi connectivity index (χ1v) is 9.67. The summed E-state index contributed by atoms with van der Waals surface area (Å²) in [7, 11) is 0. The van der Waals surface area contributed by atoms with Gasteiger partial charge in [0.15, 0.2) is 0 Å². The second-order valence-corrected chi connectivity index (χ2v) is 6.95. The standard InChI is InChI=1S/C19H37NO2/c1-3-5-7-8-9-10-13-17(19(21)22)18(14-6-4-2)20-15-11-12-16-20/h17-18H,3-16H2,1-2H3,(H,21,22). The molecule has 0 radical (unpaired) electrons. The number of carbonyl (C=O) groups is 1. The van der Waals surface area contributed by atoms with Crippen molar-refractivity contribution in [3.8, 4) is 0 Å². The van der Waals surface area contributed by atoms with Gasteiger partial charge in [0.25, 0.3) is 0 Å². The summed E-state index contributed by atoms with van der Waals surface area (Å²) < 4.78 is 0. The summed E-state index contributed by atoms with van der Waals surface area (Å²) in [5.74, 6) is -0.725. The van der Waals surface area contributed by atoms with Crippen molar-refractivity contribution >= 4 is 5.97 Å². The molecule has 130 valence electrons. The molecule has 1 aliphatic rings. The van der Waals surface area contributed by atoms with Gasteiger partial charge in [-0.2, -0.15) is 0 Å². The third-order valence-electron chi connectivity index (χ3n) is 5.11. The van der Waals surface area contributed by atoms with Crippen LogP contribution in [0.15, 0.2) is 0 Å². The highest BCUT2D eigenvalue weighted by atomic mass is 16.4. The van der Waals surface area contributed by atoms with Crippen LogP contribution >= 0.6 is 0 Å². The van der Waals surface area contributed by atoms with Crippen LogP contribution in [0.25, 0.3) is 0 Å². The SMILES string of the molecule is CCCCCCCCC(C(=O)O)C(CCCC)N1CCCC1. The van der Waals surface area contributed by atoms with E-state index >= 15 is 0 Å². The van der Waals surface area contributed by atoms with Crippen LogP contribution in [0.4, 0.5) is 0 Å². The molecule has 0 saturated carbocycles. The molecule has 1 saturated heterocycles. The van der Waals surface area contributed by atoms with Gasteiger partial charge in [0, 0.05) is 6.04 Å². The molecule has 1 heterocycles. The Morgan fingerprint density at radius 3 is 2.09 bits per heavy atom. The Kier molecular flexibility index (Phi) is 10.6. The van der Waals surface area contributed by atoms with Crippen LogP contribution in [0.3, 0.4) is 0 Å². The molecule has 0 aromatic heterocycles. The lowest BCUT2D eigenvalue weighted by Gasteiger charge is -2.32. The maximum absolute atomic E-state index is 11.8. The van der Waals surface area contributed by atoms with Crippen LogP contribution in [-0.4, -0.2) is 35.1 Å². The number of unbranched alkanes of at least 4 members (excludes halogenated alkanes) is 6. The molecular weight excluding hydrogens is 274 g/mol. The molecular formula is C19H37NO2. The number of carboxylic acids is 1. The van der Waals surface area contributed by atoms with Gasteiger partial charge in [-0.1, -0.05) is 65.2 Å². The lowest BCUT2D eigenvalue weighted by molar-refractivity contribution is -0.144. The number of aliphatic carboxylic acids is 1. The molecule has 22 heavy (non-hydrogen) atoms. The Bertz CT molecular complexity index is 287. The minimum atomic E-state index is -0.568. The van der Waals surface area contributed by atoms with Crippen molar-refractivity contribution in [3.63, 3.8) is 0 Å². The average molecular weight is 312 g/mol. The van der Waals surface area contributed by atoms with Gasteiger partial charge in [-0.3, -0.25) is 9.69 Å². The Balaban J connectivity index is 2.46. The fourth-order valence-electron chi connectivity index (χ4n) is 3.75. The van der Waals surface area contributed by atoms with Crippen molar-refractivity contribution in [3.05, 3.63) is 0 Å². The molecule has 1 N–H and O–H groups in total. The summed E-state index contributed by atoms with van der Waals surface area (Å²) in [5.41, 5.74) is 0. The Morgan fingerprint density at radius 2 is 1.50 bits per heavy atom. The topological polar surface area (TPSA) is 40.5 Å². The molecule has 2 atom stereocenters. The molecule has 0 aliphatic carbocycles. The van der Waals surface area contributed by atoms with Gasteiger partial charge in [0.2, 0.25) is 0 Å².